The fourth-order valence-corrected chi connectivity index (χ4v) is 17.2. The molecule has 0 bridgehead atoms. The number of hydrogen-bond donors (Lipinski definition) is 3. The molecule has 13 aromatic rings. The Morgan fingerprint density at radius 3 is 1.73 bits per heavy atom. The maximum Gasteiger partial charge on any atom is 0.416 e. The average molecular weight is 1810 g/mol. The molecule has 0 spiro atoms. The molecule has 3 aromatic carbocycles. The molecule has 0 amide bonds. The van der Waals surface area contributed by atoms with Gasteiger partial charge in [0.2, 0.25) is 5.88 Å². The number of benzene rings is 3. The highest BCUT2D eigenvalue weighted by molar-refractivity contribution is 7.69. The van der Waals surface area contributed by atoms with Crippen molar-refractivity contribution in [2.45, 2.75) is 123 Å². The van der Waals surface area contributed by atoms with E-state index in [-0.39, 0.29) is 40.8 Å². The number of nitrogens with zero attached hydrogens (tertiary/aromatic N) is 18. The predicted molar refractivity (Wildman–Crippen MR) is 481 cm³/mol. The molecule has 5 aliphatic heterocycles. The molecule has 0 radical (unpaired) electrons. The van der Waals surface area contributed by atoms with E-state index in [1.807, 2.05) is 101 Å². The molecule has 1 fully saturated rings. The summed E-state index contributed by atoms with van der Waals surface area (Å²) in [6.07, 6.45) is 25.8. The van der Waals surface area contributed by atoms with Crippen molar-refractivity contribution in [1.82, 2.24) is 64.4 Å². The quantitative estimate of drug-likeness (QED) is 0.0294. The number of halogens is 11. The molecule has 0 aliphatic carbocycles. The molecule has 23 nitrogen and oxygen atoms in total. The van der Waals surface area contributed by atoms with E-state index in [0.29, 0.717) is 94.6 Å². The smallest absolute Gasteiger partial charge is 0.416 e. The number of ether oxygens (including phenoxy) is 1. The van der Waals surface area contributed by atoms with Crippen molar-refractivity contribution in [1.29, 1.82) is 0 Å². The number of hydrogen-bond acceptors (Lipinski definition) is 22. The number of nitrogens with two attached hydrogens (primary N) is 1. The van der Waals surface area contributed by atoms with Crippen molar-refractivity contribution >= 4 is 111 Å². The molecule has 1 saturated heterocycles. The number of fused-ring (bicyclic) bond motifs is 4. The molecule has 0 atom stereocenters. The van der Waals surface area contributed by atoms with Gasteiger partial charge in [-0.15, -0.1) is 0 Å². The normalized spacial score (nSPS) is 14.3. The maximum absolute atomic E-state index is 14.6. The van der Waals surface area contributed by atoms with Crippen LogP contribution >= 0.6 is 53.5 Å². The first-order valence-corrected chi connectivity index (χ1v) is 45.4. The van der Waals surface area contributed by atoms with Gasteiger partial charge in [0.15, 0.2) is 29.1 Å². The second-order valence-electron chi connectivity index (χ2n) is 31.2. The van der Waals surface area contributed by atoms with Gasteiger partial charge in [-0.05, 0) is 218 Å². The summed E-state index contributed by atoms with van der Waals surface area (Å²) in [5.74, 6) is 3.24. The van der Waals surface area contributed by atoms with Gasteiger partial charge in [0.05, 0.1) is 98.1 Å². The summed E-state index contributed by atoms with van der Waals surface area (Å²) in [7, 11) is -2.37. The van der Waals surface area contributed by atoms with Gasteiger partial charge < -0.3 is 54.7 Å². The molecule has 126 heavy (non-hydrogen) atoms. The minimum Gasteiger partial charge on any atom is -0.436 e. The summed E-state index contributed by atoms with van der Waals surface area (Å²) in [6.45, 7) is 12.0. The van der Waals surface area contributed by atoms with Crippen LogP contribution in [-0.2, 0) is 69.1 Å². The molecule has 10 aromatic heterocycles. The number of aromatic nitrogens is 13. The number of nitrogens with one attached hydrogen (secondary N) is 2. The first-order valence-electron chi connectivity index (χ1n) is 41.3. The van der Waals surface area contributed by atoms with Crippen LogP contribution in [-0.4, -0.2) is 117 Å². The van der Waals surface area contributed by atoms with Crippen molar-refractivity contribution in [3.8, 4) is 28.6 Å². The molecule has 15 heterocycles. The second-order valence-corrected chi connectivity index (χ2v) is 35.9. The molecular weight excluding hydrogens is 1720 g/mol. The molecule has 652 valence electrons. The minimum absolute atomic E-state index is 0.0977. The maximum atomic E-state index is 14.6. The number of pyridine rings is 6. The van der Waals surface area contributed by atoms with Crippen molar-refractivity contribution in [3.63, 3.8) is 0 Å². The van der Waals surface area contributed by atoms with Gasteiger partial charge in [0, 0.05) is 142 Å². The number of anilines is 9. The van der Waals surface area contributed by atoms with Crippen LogP contribution in [0, 0.1) is 30.2 Å². The van der Waals surface area contributed by atoms with E-state index >= 15 is 0 Å². The Kier molecular flexibility index (Phi) is 28.5. The van der Waals surface area contributed by atoms with Gasteiger partial charge in [0.25, 0.3) is 0 Å². The molecule has 0 unspecified atom stereocenters. The van der Waals surface area contributed by atoms with Gasteiger partial charge in [-0.3, -0.25) is 29.9 Å². The van der Waals surface area contributed by atoms with Gasteiger partial charge >= 0.3 is 6.18 Å². The summed E-state index contributed by atoms with van der Waals surface area (Å²) >= 11 is 24.6. The predicted octanol–water partition coefficient (Wildman–Crippen LogP) is 20.6. The SMILES string of the molecule is CP(C)(=O)c1ccc(Nc2cnc3c(n2)N(Cc2cccnc2Cl)CCC3)cn1.Cc1c(-c2ccc(-n3cccc3CN)nc2)cnc2c1N(Cc1c(F)ccc(F)c1Cl)CCCC2.FC(F)(F)c1ccc(Cl)c(CN2CCCCc3ncc(Nc4ccc(N5CCCC5)cn4)nc32)c1.Fc1ccc(F)c(CN2CCCc3ncc(Oc4cccnc4)nc32)c1Cl. The van der Waals surface area contributed by atoms with E-state index < -0.39 is 42.2 Å². The van der Waals surface area contributed by atoms with Crippen molar-refractivity contribution in [3.05, 3.63) is 289 Å². The largest absolute Gasteiger partial charge is 0.436 e. The van der Waals surface area contributed by atoms with Crippen LogP contribution in [0.2, 0.25) is 20.2 Å². The topological polar surface area (TPSA) is 252 Å². The van der Waals surface area contributed by atoms with Crippen LogP contribution in [0.4, 0.5) is 82.7 Å². The highest BCUT2D eigenvalue weighted by Gasteiger charge is 2.33. The van der Waals surface area contributed by atoms with Gasteiger partial charge in [-0.1, -0.05) is 52.5 Å². The van der Waals surface area contributed by atoms with Gasteiger partial charge in [0.1, 0.15) is 52.9 Å². The lowest BCUT2D eigenvalue weighted by Crippen LogP contribution is -2.31. The number of alkyl halides is 3. The fourth-order valence-electron chi connectivity index (χ4n) is 15.6. The average Bonchev–Trinajstić information content (AvgIpc) is 1.24. The van der Waals surface area contributed by atoms with Crippen LogP contribution in [0.15, 0.2) is 183 Å². The molecule has 18 rings (SSSR count). The van der Waals surface area contributed by atoms with Crippen LogP contribution < -0.4 is 51.0 Å². The van der Waals surface area contributed by atoms with E-state index in [1.165, 1.54) is 18.9 Å². The molecule has 35 heteroatoms. The monoisotopic (exact) mass is 1810 g/mol. The molecule has 4 N–H and O–H groups in total. The van der Waals surface area contributed by atoms with Crippen molar-refractivity contribution < 1.29 is 40.0 Å². The summed E-state index contributed by atoms with van der Waals surface area (Å²) in [5, 5.41) is 6.88. The third-order valence-corrected chi connectivity index (χ3v) is 25.0. The van der Waals surface area contributed by atoms with E-state index in [2.05, 4.69) is 70.2 Å². The van der Waals surface area contributed by atoms with Crippen molar-refractivity contribution in [2.75, 3.05) is 87.7 Å². The lowest BCUT2D eigenvalue weighted by atomic mass is 10.00. The Bertz CT molecular complexity index is 6040. The molecule has 0 saturated carbocycles. The third-order valence-electron chi connectivity index (χ3n) is 22.1. The van der Waals surface area contributed by atoms with E-state index in [0.717, 1.165) is 200 Å². The van der Waals surface area contributed by atoms with E-state index in [4.69, 9.17) is 71.8 Å². The molecule has 5 aliphatic rings. The van der Waals surface area contributed by atoms with E-state index in [1.54, 1.807) is 74.9 Å². The van der Waals surface area contributed by atoms with Crippen LogP contribution in [0.5, 0.6) is 11.6 Å². The van der Waals surface area contributed by atoms with Crippen LogP contribution in [0.3, 0.4) is 0 Å². The third kappa shape index (κ3) is 21.7. The lowest BCUT2D eigenvalue weighted by Gasteiger charge is -2.30. The number of aryl methyl sites for hydroxylation is 4. The zero-order valence-corrected chi connectivity index (χ0v) is 73.1. The molecular formula is C91H89Cl4F7N21O2P. The van der Waals surface area contributed by atoms with E-state index in [9.17, 15) is 35.3 Å². The number of rotatable bonds is 19. The Balaban J connectivity index is 0.000000130. The highest BCUT2D eigenvalue weighted by Crippen LogP contribution is 2.41. The second kappa shape index (κ2) is 40.3. The summed E-state index contributed by atoms with van der Waals surface area (Å²) in [6, 6.07) is 30.6. The zero-order chi connectivity index (χ0) is 88.2. The van der Waals surface area contributed by atoms with Crippen molar-refractivity contribution in [2.24, 2.45) is 5.73 Å². The summed E-state index contributed by atoms with van der Waals surface area (Å²) < 4.78 is 116. The Morgan fingerprint density at radius 2 is 1.11 bits per heavy atom. The first-order chi connectivity index (χ1) is 60.9. The first kappa shape index (κ1) is 89.2. The minimum atomic E-state index is -4.43. The summed E-state index contributed by atoms with van der Waals surface area (Å²) in [5.41, 5.74) is 17.6. The Morgan fingerprint density at radius 1 is 0.508 bits per heavy atom. The van der Waals surface area contributed by atoms with Gasteiger partial charge in [-0.2, -0.15) is 18.2 Å². The Labute approximate surface area is 744 Å². The van der Waals surface area contributed by atoms with Crippen LogP contribution in [0.1, 0.15) is 113 Å². The van der Waals surface area contributed by atoms with Crippen LogP contribution in [0.25, 0.3) is 16.9 Å². The Hall–Kier alpha value is -11.7. The lowest BCUT2D eigenvalue weighted by molar-refractivity contribution is -0.137. The fraction of sp³-hybridized carbons (Fsp3) is 0.297. The summed E-state index contributed by atoms with van der Waals surface area (Å²) in [4.78, 5) is 64.5. The standard InChI is InChI=1S/C27H26ClF2N5.C25H26ClF3N6.C20H22ClN6OP.C19H15ClF2N4O/c1-17-20(18-7-10-25(33-14-18)35-12-4-5-19(35)13-31)15-32-24-6-2-3-11-34(27(17)24)16-21-22(29)8-9-23(30)26(21)28;26-20-8-6-18(25(27,28)29)13-17(20)16-35-12-2-1-5-21-24(35)33-23(15-30-21)32-22-9-7-19(14-31-22)34-10-3-4-11-34;1-29(2,28)18-8-7-15(11-24-18)25-17-12-23-16-6-4-10-27(20(16)26-17)13-14-5-3-9-22-19(14)21;20-18-13(14(21)5-6-15(18)22)11-26-8-2-4-16-19(26)25-17(10-24-16)27-12-3-1-7-23-9-12/h4-5,7-10,12,14-15H,2-3,6,11,13,16,31H2,1H3;6-9,13-15H,1-5,10-12,16H2,(H,31,32,33);3,5,7-9,11-12H,4,6,10,13H2,1-2H3,(H,25,26);1,3,5-7,9-10H,2,4,8,11H2. The van der Waals surface area contributed by atoms with Gasteiger partial charge in [-0.25, -0.2) is 42.5 Å². The zero-order valence-electron chi connectivity index (χ0n) is 69.1. The highest BCUT2D eigenvalue weighted by atomic mass is 35.5.